The summed E-state index contributed by atoms with van der Waals surface area (Å²) in [5.41, 5.74) is 8.62. The zero-order valence-corrected chi connectivity index (χ0v) is 11.6. The van der Waals surface area contributed by atoms with E-state index in [4.69, 9.17) is 5.73 Å². The maximum Gasteiger partial charge on any atom is 0.0107 e. The summed E-state index contributed by atoms with van der Waals surface area (Å²) < 4.78 is 0. The molecule has 1 aromatic rings. The van der Waals surface area contributed by atoms with Crippen molar-refractivity contribution in [3.8, 4) is 0 Å². The Hall–Kier alpha value is -0.470. The number of thioether (sulfide) groups is 1. The van der Waals surface area contributed by atoms with Gasteiger partial charge in [-0.05, 0) is 38.3 Å². The summed E-state index contributed by atoms with van der Waals surface area (Å²) in [5, 5.41) is 0.675. The molecule has 2 heteroatoms. The number of hydrogen-bond acceptors (Lipinski definition) is 2. The van der Waals surface area contributed by atoms with E-state index in [1.54, 1.807) is 0 Å². The van der Waals surface area contributed by atoms with Gasteiger partial charge in [-0.1, -0.05) is 31.5 Å². The average Bonchev–Trinajstić information content (AvgIpc) is 2.21. The summed E-state index contributed by atoms with van der Waals surface area (Å²) in [4.78, 5) is 1.40. The zero-order valence-electron chi connectivity index (χ0n) is 10.8. The van der Waals surface area contributed by atoms with Crippen molar-refractivity contribution in [3.63, 3.8) is 0 Å². The van der Waals surface area contributed by atoms with E-state index in [9.17, 15) is 0 Å². The Bertz CT molecular complexity index is 334. The molecule has 0 aromatic heterocycles. The fraction of sp³-hybridized carbons (Fsp3) is 0.571. The van der Waals surface area contributed by atoms with Crippen molar-refractivity contribution in [2.24, 2.45) is 5.73 Å². The second kappa shape index (κ2) is 6.31. The third kappa shape index (κ3) is 4.18. The highest BCUT2D eigenvalue weighted by molar-refractivity contribution is 8.00. The monoisotopic (exact) mass is 237 g/mol. The van der Waals surface area contributed by atoms with Crippen LogP contribution in [0.4, 0.5) is 0 Å². The van der Waals surface area contributed by atoms with Gasteiger partial charge in [-0.3, -0.25) is 0 Å². The molecule has 0 heterocycles. The quantitative estimate of drug-likeness (QED) is 0.789. The molecule has 0 saturated carbocycles. The molecule has 2 unspecified atom stereocenters. The minimum atomic E-state index is 0.234. The zero-order chi connectivity index (χ0) is 12.1. The molecule has 90 valence electrons. The van der Waals surface area contributed by atoms with Gasteiger partial charge in [0.2, 0.25) is 0 Å². The highest BCUT2D eigenvalue weighted by Crippen LogP contribution is 2.29. The standard InChI is InChI=1S/C14H23NS/c1-5-12(4)16-14-7-6-10(2)8-13(14)9-11(3)15/h6-8,11-12H,5,9,15H2,1-4H3. The number of hydrogen-bond donors (Lipinski definition) is 1. The van der Waals surface area contributed by atoms with Gasteiger partial charge in [0.25, 0.3) is 0 Å². The molecule has 0 spiro atoms. The summed E-state index contributed by atoms with van der Waals surface area (Å²) in [5.74, 6) is 0. The normalized spacial score (nSPS) is 14.8. The SMILES string of the molecule is CCC(C)Sc1ccc(C)cc1CC(C)N. The summed E-state index contributed by atoms with van der Waals surface area (Å²) in [6.07, 6.45) is 2.18. The lowest BCUT2D eigenvalue weighted by molar-refractivity contribution is 0.728. The second-order valence-electron chi connectivity index (χ2n) is 4.63. The predicted octanol–water partition coefficient (Wildman–Crippen LogP) is 3.78. The van der Waals surface area contributed by atoms with Crippen LogP contribution >= 0.6 is 11.8 Å². The third-order valence-corrected chi connectivity index (χ3v) is 4.05. The van der Waals surface area contributed by atoms with Crippen LogP contribution in [0.3, 0.4) is 0 Å². The van der Waals surface area contributed by atoms with Gasteiger partial charge in [-0.25, -0.2) is 0 Å². The molecule has 1 nitrogen and oxygen atoms in total. The van der Waals surface area contributed by atoms with E-state index in [2.05, 4.69) is 45.9 Å². The Morgan fingerprint density at radius 2 is 2.00 bits per heavy atom. The molecule has 2 atom stereocenters. The largest absolute Gasteiger partial charge is 0.328 e. The van der Waals surface area contributed by atoms with Gasteiger partial charge in [0.1, 0.15) is 0 Å². The van der Waals surface area contributed by atoms with Crippen LogP contribution in [-0.2, 0) is 6.42 Å². The predicted molar refractivity (Wildman–Crippen MR) is 74.1 cm³/mol. The number of aryl methyl sites for hydroxylation is 1. The Morgan fingerprint density at radius 3 is 2.56 bits per heavy atom. The van der Waals surface area contributed by atoms with Crippen molar-refractivity contribution in [2.75, 3.05) is 0 Å². The number of rotatable bonds is 5. The maximum atomic E-state index is 5.90. The lowest BCUT2D eigenvalue weighted by Crippen LogP contribution is -2.18. The topological polar surface area (TPSA) is 26.0 Å². The Morgan fingerprint density at radius 1 is 1.31 bits per heavy atom. The molecule has 2 N–H and O–H groups in total. The van der Waals surface area contributed by atoms with Crippen molar-refractivity contribution in [1.82, 2.24) is 0 Å². The Kier molecular flexibility index (Phi) is 5.36. The smallest absolute Gasteiger partial charge is 0.0107 e. The van der Waals surface area contributed by atoms with Gasteiger partial charge < -0.3 is 5.73 Å². The molecule has 0 aliphatic rings. The minimum absolute atomic E-state index is 0.234. The molecule has 0 aliphatic carbocycles. The van der Waals surface area contributed by atoms with Crippen LogP contribution in [0.1, 0.15) is 38.3 Å². The highest BCUT2D eigenvalue weighted by atomic mass is 32.2. The first kappa shape index (κ1) is 13.6. The van der Waals surface area contributed by atoms with Gasteiger partial charge in [0.05, 0.1) is 0 Å². The van der Waals surface area contributed by atoms with Crippen molar-refractivity contribution < 1.29 is 0 Å². The van der Waals surface area contributed by atoms with Gasteiger partial charge >= 0.3 is 0 Å². The summed E-state index contributed by atoms with van der Waals surface area (Å²) in [6.45, 7) is 8.72. The first-order valence-electron chi connectivity index (χ1n) is 6.04. The molecular formula is C14H23NS. The lowest BCUT2D eigenvalue weighted by Gasteiger charge is -2.15. The average molecular weight is 237 g/mol. The fourth-order valence-corrected chi connectivity index (χ4v) is 2.67. The van der Waals surface area contributed by atoms with E-state index in [0.29, 0.717) is 5.25 Å². The van der Waals surface area contributed by atoms with Crippen LogP contribution in [0.15, 0.2) is 23.1 Å². The molecule has 0 aliphatic heterocycles. The molecular weight excluding hydrogens is 214 g/mol. The van der Waals surface area contributed by atoms with Crippen LogP contribution in [-0.4, -0.2) is 11.3 Å². The minimum Gasteiger partial charge on any atom is -0.328 e. The highest BCUT2D eigenvalue weighted by Gasteiger charge is 2.09. The van der Waals surface area contributed by atoms with Crippen molar-refractivity contribution in [1.29, 1.82) is 0 Å². The van der Waals surface area contributed by atoms with E-state index in [-0.39, 0.29) is 6.04 Å². The molecule has 0 amide bonds. The van der Waals surface area contributed by atoms with Crippen LogP contribution < -0.4 is 5.73 Å². The van der Waals surface area contributed by atoms with E-state index >= 15 is 0 Å². The van der Waals surface area contributed by atoms with Crippen LogP contribution in [0, 0.1) is 6.92 Å². The van der Waals surface area contributed by atoms with Gasteiger partial charge in [0.15, 0.2) is 0 Å². The first-order valence-corrected chi connectivity index (χ1v) is 6.92. The van der Waals surface area contributed by atoms with Crippen molar-refractivity contribution in [3.05, 3.63) is 29.3 Å². The molecule has 0 bridgehead atoms. The fourth-order valence-electron chi connectivity index (χ4n) is 1.63. The molecule has 0 saturated heterocycles. The number of nitrogens with two attached hydrogens (primary N) is 1. The van der Waals surface area contributed by atoms with Gasteiger partial charge in [-0.15, -0.1) is 11.8 Å². The second-order valence-corrected chi connectivity index (χ2v) is 6.11. The van der Waals surface area contributed by atoms with Crippen LogP contribution in [0.25, 0.3) is 0 Å². The van der Waals surface area contributed by atoms with E-state index < -0.39 is 0 Å². The Balaban J connectivity index is 2.88. The summed E-state index contributed by atoms with van der Waals surface area (Å²) in [6, 6.07) is 6.94. The maximum absolute atomic E-state index is 5.90. The summed E-state index contributed by atoms with van der Waals surface area (Å²) >= 11 is 1.97. The van der Waals surface area contributed by atoms with Crippen LogP contribution in [0.2, 0.25) is 0 Å². The summed E-state index contributed by atoms with van der Waals surface area (Å²) in [7, 11) is 0. The van der Waals surface area contributed by atoms with Gasteiger partial charge in [0, 0.05) is 16.2 Å². The third-order valence-electron chi connectivity index (χ3n) is 2.66. The van der Waals surface area contributed by atoms with Crippen molar-refractivity contribution in [2.45, 2.75) is 56.7 Å². The first-order chi connectivity index (χ1) is 7.52. The number of benzene rings is 1. The molecule has 0 radical (unpaired) electrons. The Labute approximate surface area is 104 Å². The molecule has 1 rings (SSSR count). The van der Waals surface area contributed by atoms with E-state index in [1.165, 1.54) is 22.4 Å². The van der Waals surface area contributed by atoms with Crippen LogP contribution in [0.5, 0.6) is 0 Å². The van der Waals surface area contributed by atoms with Crippen molar-refractivity contribution >= 4 is 11.8 Å². The lowest BCUT2D eigenvalue weighted by atomic mass is 10.1. The van der Waals surface area contributed by atoms with Gasteiger partial charge in [-0.2, -0.15) is 0 Å². The molecule has 0 fully saturated rings. The van der Waals surface area contributed by atoms with E-state index in [0.717, 1.165) is 6.42 Å². The molecule has 1 aromatic carbocycles. The van der Waals surface area contributed by atoms with E-state index in [1.807, 2.05) is 11.8 Å². The molecule has 16 heavy (non-hydrogen) atoms.